The average molecular weight is 511 g/mol. The summed E-state index contributed by atoms with van der Waals surface area (Å²) in [6, 6.07) is 21.0. The minimum Gasteiger partial charge on any atom is -0.388 e. The Hall–Kier alpha value is -1.79. The van der Waals surface area contributed by atoms with Crippen molar-refractivity contribution >= 4 is 55.0 Å². The van der Waals surface area contributed by atoms with E-state index in [4.69, 9.17) is 16.7 Å². The standard InChI is InChI=1S/C13H8BrClO.C8H7BrO2/c14-11-5-1-9(2-6-11)13(16)10-3-7-12(15)8-4-10;9-7-3-1-6(2-4-7)8(11)5-10/h1-8H;1-4,10H,5H2. The quantitative estimate of drug-likeness (QED) is 0.441. The van der Waals surface area contributed by atoms with Gasteiger partial charge in [0.15, 0.2) is 11.6 Å². The molecule has 3 aromatic carbocycles. The Morgan fingerprint density at radius 1 is 0.704 bits per heavy atom. The molecule has 0 aromatic heterocycles. The number of carbonyl (C=O) groups excluding carboxylic acids is 2. The van der Waals surface area contributed by atoms with Gasteiger partial charge in [0.2, 0.25) is 0 Å². The molecule has 0 spiro atoms. The van der Waals surface area contributed by atoms with Gasteiger partial charge in [-0.05, 0) is 60.7 Å². The zero-order valence-corrected chi connectivity index (χ0v) is 18.0. The third kappa shape index (κ3) is 6.70. The predicted molar refractivity (Wildman–Crippen MR) is 115 cm³/mol. The van der Waals surface area contributed by atoms with Crippen molar-refractivity contribution in [1.82, 2.24) is 0 Å². The number of benzene rings is 3. The van der Waals surface area contributed by atoms with E-state index in [1.807, 2.05) is 12.1 Å². The number of hydrogen-bond acceptors (Lipinski definition) is 3. The number of aliphatic hydroxyl groups is 1. The zero-order valence-electron chi connectivity index (χ0n) is 14.0. The van der Waals surface area contributed by atoms with Gasteiger partial charge in [-0.2, -0.15) is 0 Å². The predicted octanol–water partition coefficient (Wildman–Crippen LogP) is 5.96. The third-order valence-electron chi connectivity index (χ3n) is 3.52. The molecule has 0 heterocycles. The second-order valence-electron chi connectivity index (χ2n) is 5.43. The Morgan fingerprint density at radius 3 is 1.48 bits per heavy atom. The lowest BCUT2D eigenvalue weighted by atomic mass is 10.0. The second kappa shape index (κ2) is 10.5. The Balaban J connectivity index is 0.000000208. The smallest absolute Gasteiger partial charge is 0.193 e. The molecule has 0 saturated carbocycles. The van der Waals surface area contributed by atoms with Crippen molar-refractivity contribution in [2.45, 2.75) is 0 Å². The van der Waals surface area contributed by atoms with Crippen LogP contribution in [0.1, 0.15) is 26.3 Å². The molecular formula is C21H15Br2ClO3. The number of hydrogen-bond donors (Lipinski definition) is 1. The van der Waals surface area contributed by atoms with Crippen molar-refractivity contribution in [2.24, 2.45) is 0 Å². The molecule has 0 amide bonds. The van der Waals surface area contributed by atoms with Crippen LogP contribution in [-0.2, 0) is 0 Å². The summed E-state index contributed by atoms with van der Waals surface area (Å²) < 4.78 is 1.88. The molecule has 138 valence electrons. The van der Waals surface area contributed by atoms with E-state index in [-0.39, 0.29) is 11.6 Å². The lowest BCUT2D eigenvalue weighted by Crippen LogP contribution is -2.03. The van der Waals surface area contributed by atoms with Gasteiger partial charge in [0, 0.05) is 30.7 Å². The average Bonchev–Trinajstić information content (AvgIpc) is 2.69. The fourth-order valence-corrected chi connectivity index (χ4v) is 2.75. The fourth-order valence-electron chi connectivity index (χ4n) is 2.10. The summed E-state index contributed by atoms with van der Waals surface area (Å²) in [5.74, 6) is -0.248. The summed E-state index contributed by atoms with van der Waals surface area (Å²) in [6.07, 6.45) is 0. The van der Waals surface area contributed by atoms with Gasteiger partial charge in [-0.25, -0.2) is 0 Å². The van der Waals surface area contributed by atoms with Crippen LogP contribution in [0.15, 0.2) is 81.7 Å². The second-order valence-corrected chi connectivity index (χ2v) is 7.70. The molecule has 0 unspecified atom stereocenters. The normalized spacial score (nSPS) is 9.93. The van der Waals surface area contributed by atoms with Crippen LogP contribution in [0.2, 0.25) is 5.02 Å². The van der Waals surface area contributed by atoms with Gasteiger partial charge in [-0.1, -0.05) is 55.6 Å². The minimum atomic E-state index is -0.429. The van der Waals surface area contributed by atoms with E-state index in [1.165, 1.54) is 0 Å². The maximum Gasteiger partial charge on any atom is 0.193 e. The first-order valence-corrected chi connectivity index (χ1v) is 9.82. The van der Waals surface area contributed by atoms with Gasteiger partial charge in [-0.3, -0.25) is 9.59 Å². The largest absolute Gasteiger partial charge is 0.388 e. The lowest BCUT2D eigenvalue weighted by molar-refractivity contribution is 0.0903. The number of carbonyl (C=O) groups is 2. The van der Waals surface area contributed by atoms with Gasteiger partial charge >= 0.3 is 0 Å². The molecule has 0 fully saturated rings. The van der Waals surface area contributed by atoms with Crippen LogP contribution in [-0.4, -0.2) is 23.3 Å². The molecule has 0 aliphatic carbocycles. The molecule has 0 aliphatic rings. The molecule has 3 nitrogen and oxygen atoms in total. The molecule has 1 N–H and O–H groups in total. The van der Waals surface area contributed by atoms with Gasteiger partial charge in [0.05, 0.1) is 0 Å². The van der Waals surface area contributed by atoms with Crippen LogP contribution >= 0.6 is 43.5 Å². The van der Waals surface area contributed by atoms with Crippen LogP contribution in [0.4, 0.5) is 0 Å². The first kappa shape index (κ1) is 21.5. The van der Waals surface area contributed by atoms with Crippen molar-refractivity contribution in [3.8, 4) is 0 Å². The minimum absolute atomic E-state index is 0.00386. The summed E-state index contributed by atoms with van der Waals surface area (Å²) in [4.78, 5) is 22.9. The number of halogens is 3. The summed E-state index contributed by atoms with van der Waals surface area (Å²) in [7, 11) is 0. The number of Topliss-reactive ketones (excluding diaryl/α,β-unsaturated/α-hetero) is 1. The maximum atomic E-state index is 12.0. The van der Waals surface area contributed by atoms with E-state index < -0.39 is 6.61 Å². The highest BCUT2D eigenvalue weighted by atomic mass is 79.9. The Kier molecular flexibility index (Phi) is 8.38. The van der Waals surface area contributed by atoms with Gasteiger partial charge in [0.25, 0.3) is 0 Å². The molecule has 0 atom stereocenters. The highest BCUT2D eigenvalue weighted by Gasteiger charge is 2.08. The van der Waals surface area contributed by atoms with Crippen LogP contribution < -0.4 is 0 Å². The van der Waals surface area contributed by atoms with Crippen molar-refractivity contribution < 1.29 is 14.7 Å². The Morgan fingerprint density at radius 2 is 1.07 bits per heavy atom. The summed E-state index contributed by atoms with van der Waals surface area (Å²) >= 11 is 12.3. The van der Waals surface area contributed by atoms with Gasteiger partial charge in [-0.15, -0.1) is 0 Å². The third-order valence-corrected chi connectivity index (χ3v) is 4.83. The molecule has 3 rings (SSSR count). The molecule has 27 heavy (non-hydrogen) atoms. The van der Waals surface area contributed by atoms with Crippen molar-refractivity contribution in [3.63, 3.8) is 0 Å². The van der Waals surface area contributed by atoms with Crippen molar-refractivity contribution in [1.29, 1.82) is 0 Å². The molecule has 0 bridgehead atoms. The molecule has 0 aliphatic heterocycles. The first-order chi connectivity index (χ1) is 12.9. The Bertz CT molecular complexity index is 858. The molecule has 0 saturated heterocycles. The van der Waals surface area contributed by atoms with E-state index in [1.54, 1.807) is 60.7 Å². The van der Waals surface area contributed by atoms with E-state index in [9.17, 15) is 9.59 Å². The molecule has 0 radical (unpaired) electrons. The number of rotatable bonds is 4. The topological polar surface area (TPSA) is 54.4 Å². The van der Waals surface area contributed by atoms with Gasteiger partial charge < -0.3 is 5.11 Å². The Labute approximate surface area is 179 Å². The highest BCUT2D eigenvalue weighted by molar-refractivity contribution is 9.10. The van der Waals surface area contributed by atoms with Crippen molar-refractivity contribution in [3.05, 3.63) is 103 Å². The van der Waals surface area contributed by atoms with E-state index in [0.717, 1.165) is 8.95 Å². The fraction of sp³-hybridized carbons (Fsp3) is 0.0476. The van der Waals surface area contributed by atoms with Crippen LogP contribution in [0.5, 0.6) is 0 Å². The summed E-state index contributed by atoms with van der Waals surface area (Å²) in [5, 5.41) is 9.13. The summed E-state index contributed by atoms with van der Waals surface area (Å²) in [6.45, 7) is -0.429. The van der Waals surface area contributed by atoms with E-state index in [0.29, 0.717) is 21.7 Å². The molecule has 3 aromatic rings. The van der Waals surface area contributed by atoms with E-state index >= 15 is 0 Å². The zero-order chi connectivity index (χ0) is 19.8. The van der Waals surface area contributed by atoms with E-state index in [2.05, 4.69) is 31.9 Å². The van der Waals surface area contributed by atoms with Crippen LogP contribution in [0, 0.1) is 0 Å². The van der Waals surface area contributed by atoms with Crippen molar-refractivity contribution in [2.75, 3.05) is 6.61 Å². The highest BCUT2D eigenvalue weighted by Crippen LogP contribution is 2.16. The number of ketones is 2. The van der Waals surface area contributed by atoms with Crippen LogP contribution in [0.3, 0.4) is 0 Å². The first-order valence-electron chi connectivity index (χ1n) is 7.86. The molecular weight excluding hydrogens is 495 g/mol. The summed E-state index contributed by atoms with van der Waals surface area (Å²) in [5.41, 5.74) is 1.85. The van der Waals surface area contributed by atoms with Gasteiger partial charge in [0.1, 0.15) is 6.61 Å². The monoisotopic (exact) mass is 508 g/mol. The number of aliphatic hydroxyl groups excluding tert-OH is 1. The van der Waals surface area contributed by atoms with Crippen LogP contribution in [0.25, 0.3) is 0 Å². The lowest BCUT2D eigenvalue weighted by Gasteiger charge is -2.01. The SMILES string of the molecule is O=C(CO)c1ccc(Br)cc1.O=C(c1ccc(Cl)cc1)c1ccc(Br)cc1. The maximum absolute atomic E-state index is 12.0. The molecule has 6 heteroatoms.